The number of aryl methyl sites for hydroxylation is 2. The van der Waals surface area contributed by atoms with Crippen molar-refractivity contribution in [3.05, 3.63) is 34.9 Å². The molecule has 1 saturated carbocycles. The molecule has 0 aromatic heterocycles. The number of hydrogen-bond acceptors (Lipinski definition) is 2. The monoisotopic (exact) mass is 260 g/mol. The second kappa shape index (κ2) is 6.20. The SMILES string of the molecule is Cc1ccc(C(=O)NC(CN)C2CCCC2)cc1C. The van der Waals surface area contributed by atoms with Gasteiger partial charge in [-0.1, -0.05) is 18.9 Å². The Morgan fingerprint density at radius 3 is 2.58 bits per heavy atom. The van der Waals surface area contributed by atoms with E-state index < -0.39 is 0 Å². The average molecular weight is 260 g/mol. The maximum atomic E-state index is 12.3. The Kier molecular flexibility index (Phi) is 4.59. The first kappa shape index (κ1) is 14.1. The zero-order chi connectivity index (χ0) is 13.8. The van der Waals surface area contributed by atoms with Crippen molar-refractivity contribution in [1.82, 2.24) is 5.32 Å². The Hall–Kier alpha value is -1.35. The van der Waals surface area contributed by atoms with Crippen LogP contribution in [0.4, 0.5) is 0 Å². The van der Waals surface area contributed by atoms with Crippen molar-refractivity contribution in [3.8, 4) is 0 Å². The molecule has 19 heavy (non-hydrogen) atoms. The summed E-state index contributed by atoms with van der Waals surface area (Å²) in [5, 5.41) is 3.11. The van der Waals surface area contributed by atoms with Crippen LogP contribution in [0.25, 0.3) is 0 Å². The minimum atomic E-state index is 0.00505. The predicted molar refractivity (Wildman–Crippen MR) is 78.2 cm³/mol. The molecule has 0 spiro atoms. The van der Waals surface area contributed by atoms with E-state index in [1.54, 1.807) is 0 Å². The van der Waals surface area contributed by atoms with E-state index in [9.17, 15) is 4.79 Å². The minimum absolute atomic E-state index is 0.00505. The van der Waals surface area contributed by atoms with Crippen molar-refractivity contribution < 1.29 is 4.79 Å². The molecular weight excluding hydrogens is 236 g/mol. The van der Waals surface area contributed by atoms with Crippen LogP contribution in [-0.4, -0.2) is 18.5 Å². The van der Waals surface area contributed by atoms with Crippen molar-refractivity contribution in [2.45, 2.75) is 45.6 Å². The van der Waals surface area contributed by atoms with Crippen LogP contribution in [0.15, 0.2) is 18.2 Å². The van der Waals surface area contributed by atoms with Gasteiger partial charge in [0.1, 0.15) is 0 Å². The Labute approximate surface area is 115 Å². The molecule has 0 saturated heterocycles. The molecule has 1 fully saturated rings. The molecule has 3 heteroatoms. The van der Waals surface area contributed by atoms with Crippen molar-refractivity contribution in [2.75, 3.05) is 6.54 Å². The number of nitrogens with two attached hydrogens (primary N) is 1. The van der Waals surface area contributed by atoms with Crippen molar-refractivity contribution in [1.29, 1.82) is 0 Å². The van der Waals surface area contributed by atoms with Crippen LogP contribution in [-0.2, 0) is 0 Å². The van der Waals surface area contributed by atoms with Gasteiger partial charge in [0.05, 0.1) is 0 Å². The summed E-state index contributed by atoms with van der Waals surface area (Å²) < 4.78 is 0. The largest absolute Gasteiger partial charge is 0.348 e. The van der Waals surface area contributed by atoms with Crippen LogP contribution in [0.3, 0.4) is 0 Å². The fourth-order valence-electron chi connectivity index (χ4n) is 2.86. The molecule has 0 radical (unpaired) electrons. The van der Waals surface area contributed by atoms with Crippen molar-refractivity contribution >= 4 is 5.91 Å². The number of benzene rings is 1. The predicted octanol–water partition coefficient (Wildman–Crippen LogP) is 2.55. The first-order chi connectivity index (χ1) is 9.11. The van der Waals surface area contributed by atoms with Crippen LogP contribution in [0, 0.1) is 19.8 Å². The van der Waals surface area contributed by atoms with Gasteiger partial charge < -0.3 is 11.1 Å². The molecule has 1 aromatic rings. The highest BCUT2D eigenvalue weighted by atomic mass is 16.1. The van der Waals surface area contributed by atoms with E-state index in [-0.39, 0.29) is 11.9 Å². The van der Waals surface area contributed by atoms with Crippen LogP contribution < -0.4 is 11.1 Å². The zero-order valence-corrected chi connectivity index (χ0v) is 11.9. The van der Waals surface area contributed by atoms with E-state index in [1.807, 2.05) is 25.1 Å². The summed E-state index contributed by atoms with van der Waals surface area (Å²) in [6, 6.07) is 5.96. The average Bonchev–Trinajstić information content (AvgIpc) is 2.92. The van der Waals surface area contributed by atoms with Crippen LogP contribution >= 0.6 is 0 Å². The van der Waals surface area contributed by atoms with E-state index in [4.69, 9.17) is 5.73 Å². The molecule has 2 rings (SSSR count). The van der Waals surface area contributed by atoms with Gasteiger partial charge in [0, 0.05) is 18.2 Å². The van der Waals surface area contributed by atoms with Crippen LogP contribution in [0.2, 0.25) is 0 Å². The summed E-state index contributed by atoms with van der Waals surface area (Å²) in [6.07, 6.45) is 4.91. The lowest BCUT2D eigenvalue weighted by Gasteiger charge is -2.23. The normalized spacial score (nSPS) is 17.4. The molecule has 1 atom stereocenters. The molecule has 0 aliphatic heterocycles. The lowest BCUT2D eigenvalue weighted by atomic mass is 9.97. The maximum Gasteiger partial charge on any atom is 0.251 e. The van der Waals surface area contributed by atoms with Gasteiger partial charge in [-0.3, -0.25) is 4.79 Å². The molecule has 1 aliphatic carbocycles. The Bertz CT molecular complexity index is 450. The molecular formula is C16H24N2O. The summed E-state index contributed by atoms with van der Waals surface area (Å²) in [5.41, 5.74) is 8.92. The summed E-state index contributed by atoms with van der Waals surface area (Å²) in [6.45, 7) is 4.61. The maximum absolute atomic E-state index is 12.3. The highest BCUT2D eigenvalue weighted by Crippen LogP contribution is 2.27. The number of amides is 1. The number of carbonyl (C=O) groups excluding carboxylic acids is 1. The molecule has 1 unspecified atom stereocenters. The summed E-state index contributed by atoms with van der Waals surface area (Å²) >= 11 is 0. The number of rotatable bonds is 4. The standard InChI is InChI=1S/C16H24N2O/c1-11-7-8-14(9-12(11)2)16(19)18-15(10-17)13-5-3-4-6-13/h7-9,13,15H,3-6,10,17H2,1-2H3,(H,18,19). The van der Waals surface area contributed by atoms with E-state index in [0.29, 0.717) is 12.5 Å². The lowest BCUT2D eigenvalue weighted by molar-refractivity contribution is 0.0924. The van der Waals surface area contributed by atoms with Gasteiger partial charge in [-0.05, 0) is 55.9 Å². The lowest BCUT2D eigenvalue weighted by Crippen LogP contribution is -2.44. The summed E-state index contributed by atoms with van der Waals surface area (Å²) in [7, 11) is 0. The van der Waals surface area contributed by atoms with E-state index in [2.05, 4.69) is 12.2 Å². The third kappa shape index (κ3) is 3.35. The molecule has 3 N–H and O–H groups in total. The highest BCUT2D eigenvalue weighted by molar-refractivity contribution is 5.94. The third-order valence-corrected chi connectivity index (χ3v) is 4.31. The first-order valence-corrected chi connectivity index (χ1v) is 7.20. The second-order valence-corrected chi connectivity index (χ2v) is 5.66. The van der Waals surface area contributed by atoms with Crippen molar-refractivity contribution in [3.63, 3.8) is 0 Å². The summed E-state index contributed by atoms with van der Waals surface area (Å²) in [5.74, 6) is 0.561. The Morgan fingerprint density at radius 2 is 2.00 bits per heavy atom. The van der Waals surface area contributed by atoms with Gasteiger partial charge in [-0.15, -0.1) is 0 Å². The third-order valence-electron chi connectivity index (χ3n) is 4.31. The molecule has 1 amide bonds. The van der Waals surface area contributed by atoms with Gasteiger partial charge in [0.15, 0.2) is 0 Å². The molecule has 1 aliphatic rings. The highest BCUT2D eigenvalue weighted by Gasteiger charge is 2.25. The number of nitrogens with one attached hydrogen (secondary N) is 1. The smallest absolute Gasteiger partial charge is 0.251 e. The van der Waals surface area contributed by atoms with Crippen molar-refractivity contribution in [2.24, 2.45) is 11.7 Å². The molecule has 3 nitrogen and oxygen atoms in total. The van der Waals surface area contributed by atoms with Gasteiger partial charge in [0.25, 0.3) is 5.91 Å². The van der Waals surface area contributed by atoms with Gasteiger partial charge >= 0.3 is 0 Å². The molecule has 0 heterocycles. The second-order valence-electron chi connectivity index (χ2n) is 5.66. The first-order valence-electron chi connectivity index (χ1n) is 7.20. The Balaban J connectivity index is 2.04. The van der Waals surface area contributed by atoms with E-state index in [1.165, 1.54) is 31.2 Å². The molecule has 0 bridgehead atoms. The van der Waals surface area contributed by atoms with Gasteiger partial charge in [-0.25, -0.2) is 0 Å². The number of hydrogen-bond donors (Lipinski definition) is 2. The zero-order valence-electron chi connectivity index (χ0n) is 11.9. The summed E-state index contributed by atoms with van der Waals surface area (Å²) in [4.78, 5) is 12.3. The van der Waals surface area contributed by atoms with Crippen LogP contribution in [0.1, 0.15) is 47.2 Å². The van der Waals surface area contributed by atoms with E-state index >= 15 is 0 Å². The fourth-order valence-corrected chi connectivity index (χ4v) is 2.86. The molecule has 104 valence electrons. The minimum Gasteiger partial charge on any atom is -0.348 e. The van der Waals surface area contributed by atoms with Crippen LogP contribution in [0.5, 0.6) is 0 Å². The topological polar surface area (TPSA) is 55.1 Å². The fraction of sp³-hybridized carbons (Fsp3) is 0.562. The molecule has 1 aromatic carbocycles. The number of carbonyl (C=O) groups is 1. The van der Waals surface area contributed by atoms with E-state index in [0.717, 1.165) is 11.1 Å². The van der Waals surface area contributed by atoms with Gasteiger partial charge in [0.2, 0.25) is 0 Å². The Morgan fingerprint density at radius 1 is 1.32 bits per heavy atom. The quantitative estimate of drug-likeness (QED) is 0.874. The van der Waals surface area contributed by atoms with Gasteiger partial charge in [-0.2, -0.15) is 0 Å².